The number of fused-ring (bicyclic) bond motifs is 5. The van der Waals surface area contributed by atoms with Gasteiger partial charge in [0.15, 0.2) is 5.78 Å². The van der Waals surface area contributed by atoms with Crippen LogP contribution in [0.15, 0.2) is 11.8 Å². The first-order valence-corrected chi connectivity index (χ1v) is 11.6. The molecular weight excluding hydrogens is 360 g/mol. The van der Waals surface area contributed by atoms with E-state index in [2.05, 4.69) is 25.0 Å². The number of rotatable bonds is 1. The molecule has 1 aromatic heterocycles. The number of carbonyl (C=O) groups is 1. The van der Waals surface area contributed by atoms with E-state index in [1.54, 1.807) is 0 Å². The lowest BCUT2D eigenvalue weighted by Crippen LogP contribution is -2.54. The van der Waals surface area contributed by atoms with Crippen LogP contribution in [0, 0.1) is 41.4 Å². The zero-order chi connectivity index (χ0) is 20.6. The van der Waals surface area contributed by atoms with Crippen molar-refractivity contribution in [3.05, 3.63) is 23.0 Å². The predicted molar refractivity (Wildman–Crippen MR) is 114 cm³/mol. The number of hydrogen-bond donors (Lipinski definition) is 1. The van der Waals surface area contributed by atoms with Gasteiger partial charge in [0.2, 0.25) is 0 Å². The van der Waals surface area contributed by atoms with E-state index >= 15 is 0 Å². The molecule has 0 bridgehead atoms. The maximum atomic E-state index is 13.0. The lowest BCUT2D eigenvalue weighted by molar-refractivity contribution is -0.134. The van der Waals surface area contributed by atoms with Gasteiger partial charge < -0.3 is 5.11 Å². The molecule has 4 nitrogen and oxygen atoms in total. The van der Waals surface area contributed by atoms with E-state index in [0.717, 1.165) is 48.4 Å². The Morgan fingerprint density at radius 1 is 1.14 bits per heavy atom. The maximum Gasteiger partial charge on any atom is 0.159 e. The molecule has 29 heavy (non-hydrogen) atoms. The largest absolute Gasteiger partial charge is 0.393 e. The molecule has 1 heterocycles. The molecule has 4 fully saturated rings. The van der Waals surface area contributed by atoms with Crippen molar-refractivity contribution >= 4 is 11.9 Å². The van der Waals surface area contributed by atoms with Gasteiger partial charge in [-0.1, -0.05) is 13.8 Å². The molecule has 4 aliphatic carbocycles. The lowest BCUT2D eigenvalue weighted by Gasteiger charge is -2.60. The van der Waals surface area contributed by atoms with Gasteiger partial charge in [0, 0.05) is 25.2 Å². The summed E-state index contributed by atoms with van der Waals surface area (Å²) in [5.74, 6) is 2.96. The fourth-order valence-electron chi connectivity index (χ4n) is 8.06. The average molecular weight is 397 g/mol. The number of carbonyl (C=O) groups excluding carboxylic acids is 1. The quantitative estimate of drug-likeness (QED) is 0.701. The Balaban J connectivity index is 1.47. The van der Waals surface area contributed by atoms with Crippen LogP contribution in [0.3, 0.4) is 0 Å². The Morgan fingerprint density at radius 3 is 2.62 bits per heavy atom. The highest BCUT2D eigenvalue weighted by Crippen LogP contribution is 2.66. The lowest BCUT2D eigenvalue weighted by atomic mass is 9.45. The van der Waals surface area contributed by atoms with Crippen LogP contribution in [0.2, 0.25) is 0 Å². The summed E-state index contributed by atoms with van der Waals surface area (Å²) >= 11 is 0. The zero-order valence-electron chi connectivity index (χ0n) is 18.4. The predicted octanol–water partition coefficient (Wildman–Crippen LogP) is 4.69. The van der Waals surface area contributed by atoms with Gasteiger partial charge in [-0.2, -0.15) is 5.10 Å². The van der Waals surface area contributed by atoms with Crippen molar-refractivity contribution in [3.63, 3.8) is 0 Å². The van der Waals surface area contributed by atoms with Gasteiger partial charge in [0.1, 0.15) is 0 Å². The first-order chi connectivity index (χ1) is 13.7. The number of ketones is 1. The second-order valence-corrected chi connectivity index (χ2v) is 11.1. The molecule has 4 saturated carbocycles. The van der Waals surface area contributed by atoms with E-state index in [-0.39, 0.29) is 16.9 Å². The fraction of sp³-hybridized carbons (Fsp3) is 0.760. The number of aromatic nitrogens is 2. The molecule has 4 aliphatic rings. The van der Waals surface area contributed by atoms with Gasteiger partial charge in [-0.3, -0.25) is 9.48 Å². The number of aryl methyl sites for hydroxylation is 2. The summed E-state index contributed by atoms with van der Waals surface area (Å²) < 4.78 is 1.84. The van der Waals surface area contributed by atoms with E-state index < -0.39 is 0 Å². The molecule has 7 atom stereocenters. The number of aliphatic hydroxyl groups excluding tert-OH is 1. The third-order valence-electron chi connectivity index (χ3n) is 9.76. The van der Waals surface area contributed by atoms with Gasteiger partial charge in [0.25, 0.3) is 0 Å². The SMILES string of the molecule is Cc1nn(C)cc1/C=C1\C[C@@]2(C)[C@@H](CC[C@H]3[C@H]2CC[C@@]2(C)[C@@H]3CC[C@@H]2O)CC1=O. The molecule has 0 aliphatic heterocycles. The maximum absolute atomic E-state index is 13.0. The Morgan fingerprint density at radius 2 is 1.90 bits per heavy atom. The number of nitrogens with zero attached hydrogens (tertiary/aromatic N) is 2. The van der Waals surface area contributed by atoms with Crippen LogP contribution in [0.1, 0.15) is 76.5 Å². The summed E-state index contributed by atoms with van der Waals surface area (Å²) in [6, 6.07) is 0. The summed E-state index contributed by atoms with van der Waals surface area (Å²) in [6.45, 7) is 6.86. The van der Waals surface area contributed by atoms with E-state index in [1.807, 2.05) is 24.9 Å². The minimum absolute atomic E-state index is 0.115. The molecule has 0 radical (unpaired) electrons. The van der Waals surface area contributed by atoms with Gasteiger partial charge >= 0.3 is 0 Å². The normalized spacial score (nSPS) is 45.8. The van der Waals surface area contributed by atoms with Crippen molar-refractivity contribution in [1.29, 1.82) is 0 Å². The molecule has 0 saturated heterocycles. The fourth-order valence-corrected chi connectivity index (χ4v) is 8.06. The average Bonchev–Trinajstić information content (AvgIpc) is 3.14. The van der Waals surface area contributed by atoms with Crippen molar-refractivity contribution < 1.29 is 9.90 Å². The van der Waals surface area contributed by atoms with Crippen molar-refractivity contribution in [1.82, 2.24) is 9.78 Å². The van der Waals surface area contributed by atoms with Gasteiger partial charge in [0.05, 0.1) is 11.8 Å². The van der Waals surface area contributed by atoms with Crippen LogP contribution < -0.4 is 0 Å². The van der Waals surface area contributed by atoms with Crippen LogP contribution in [0.5, 0.6) is 0 Å². The smallest absolute Gasteiger partial charge is 0.159 e. The van der Waals surface area contributed by atoms with Gasteiger partial charge in [-0.25, -0.2) is 0 Å². The third kappa shape index (κ3) is 2.81. The number of aliphatic hydroxyl groups is 1. The molecular formula is C25H36N2O2. The Kier molecular flexibility index (Phi) is 4.40. The second-order valence-electron chi connectivity index (χ2n) is 11.1. The Hall–Kier alpha value is -1.42. The van der Waals surface area contributed by atoms with Crippen LogP contribution in [-0.4, -0.2) is 26.8 Å². The van der Waals surface area contributed by atoms with E-state index in [9.17, 15) is 9.90 Å². The van der Waals surface area contributed by atoms with Crippen molar-refractivity contribution in [2.45, 2.75) is 78.2 Å². The monoisotopic (exact) mass is 396 g/mol. The van der Waals surface area contributed by atoms with Crippen LogP contribution in [0.25, 0.3) is 6.08 Å². The van der Waals surface area contributed by atoms with Crippen molar-refractivity contribution in [2.75, 3.05) is 0 Å². The first kappa shape index (κ1) is 19.5. The van der Waals surface area contributed by atoms with Gasteiger partial charge in [-0.15, -0.1) is 0 Å². The number of hydrogen-bond acceptors (Lipinski definition) is 3. The molecule has 158 valence electrons. The second kappa shape index (κ2) is 6.54. The zero-order valence-corrected chi connectivity index (χ0v) is 18.4. The van der Waals surface area contributed by atoms with E-state index in [1.165, 1.54) is 25.7 Å². The molecule has 0 unspecified atom stereocenters. The topological polar surface area (TPSA) is 55.1 Å². The highest BCUT2D eigenvalue weighted by atomic mass is 16.3. The van der Waals surface area contributed by atoms with Crippen LogP contribution in [-0.2, 0) is 11.8 Å². The van der Waals surface area contributed by atoms with Crippen molar-refractivity contribution in [3.8, 4) is 0 Å². The minimum atomic E-state index is -0.115. The highest BCUT2D eigenvalue weighted by molar-refractivity contribution is 6.00. The summed E-state index contributed by atoms with van der Waals surface area (Å²) in [6.07, 6.45) is 12.7. The third-order valence-corrected chi connectivity index (χ3v) is 9.76. The summed E-state index contributed by atoms with van der Waals surface area (Å²) in [7, 11) is 1.94. The Labute approximate surface area is 174 Å². The summed E-state index contributed by atoms with van der Waals surface area (Å²) in [5.41, 5.74) is 3.43. The van der Waals surface area contributed by atoms with Crippen molar-refractivity contribution in [2.24, 2.45) is 41.5 Å². The standard InChI is InChI=1S/C25H36N2O2/c1-15-17(14-27(4)26-15)11-16-13-25(3)18(12-22(16)28)5-6-19-20-7-8-23(29)24(20,2)10-9-21(19)25/h11,14,18-21,23,29H,5-10,12-13H2,1-4H3/b16-11+/t18-,19+,20+,21+,23-,24-,25-/m0/s1. The first-order valence-electron chi connectivity index (χ1n) is 11.6. The summed E-state index contributed by atoms with van der Waals surface area (Å²) in [4.78, 5) is 13.0. The van der Waals surface area contributed by atoms with Crippen LogP contribution >= 0.6 is 0 Å². The molecule has 1 aromatic rings. The summed E-state index contributed by atoms with van der Waals surface area (Å²) in [5, 5.41) is 15.1. The molecule has 4 heteroatoms. The minimum Gasteiger partial charge on any atom is -0.393 e. The Bertz CT molecular complexity index is 870. The number of Topliss-reactive ketones (excluding diaryl/α,β-unsaturated/α-hetero) is 1. The molecule has 0 amide bonds. The number of allylic oxidation sites excluding steroid dienone is 1. The highest BCUT2D eigenvalue weighted by Gasteiger charge is 2.60. The molecule has 0 spiro atoms. The van der Waals surface area contributed by atoms with Gasteiger partial charge in [-0.05, 0) is 98.0 Å². The molecule has 1 N–H and O–H groups in total. The van der Waals surface area contributed by atoms with E-state index in [0.29, 0.717) is 23.5 Å². The molecule has 5 rings (SSSR count). The molecule has 0 aromatic carbocycles. The van der Waals surface area contributed by atoms with E-state index in [4.69, 9.17) is 0 Å². The van der Waals surface area contributed by atoms with Crippen LogP contribution in [0.4, 0.5) is 0 Å².